The monoisotopic (exact) mass is 326 g/mol. The Bertz CT molecular complexity index is 870. The van der Waals surface area contributed by atoms with Crippen molar-refractivity contribution in [2.75, 3.05) is 18.1 Å². The number of benzene rings is 1. The van der Waals surface area contributed by atoms with Gasteiger partial charge < -0.3 is 14.2 Å². The summed E-state index contributed by atoms with van der Waals surface area (Å²) in [6.45, 7) is 4.05. The minimum atomic E-state index is -0.195. The van der Waals surface area contributed by atoms with Gasteiger partial charge in [-0.15, -0.1) is 0 Å². The Labute approximate surface area is 139 Å². The van der Waals surface area contributed by atoms with Crippen LogP contribution in [-0.2, 0) is 11.3 Å². The molecule has 0 saturated carbocycles. The van der Waals surface area contributed by atoms with E-state index in [0.717, 1.165) is 0 Å². The van der Waals surface area contributed by atoms with Crippen molar-refractivity contribution in [2.24, 2.45) is 0 Å². The van der Waals surface area contributed by atoms with Crippen LogP contribution in [0.5, 0.6) is 5.75 Å². The number of amides is 1. The Morgan fingerprint density at radius 2 is 2.04 bits per heavy atom. The molecule has 1 amide bonds. The molecule has 2 aromatic rings. The van der Waals surface area contributed by atoms with Gasteiger partial charge in [0.05, 0.1) is 12.2 Å². The molecule has 2 heterocycles. The van der Waals surface area contributed by atoms with Crippen molar-refractivity contribution >= 4 is 17.4 Å². The maximum absolute atomic E-state index is 12.5. The quantitative estimate of drug-likeness (QED) is 0.803. The molecule has 0 unspecified atom stereocenters. The second kappa shape index (κ2) is 6.31. The lowest BCUT2D eigenvalue weighted by Crippen LogP contribution is -2.38. The summed E-state index contributed by atoms with van der Waals surface area (Å²) in [5, 5.41) is 0. The van der Waals surface area contributed by atoms with Crippen molar-refractivity contribution in [3.8, 4) is 5.75 Å². The molecule has 0 bridgehead atoms. The normalized spacial score (nSPS) is 13.4. The third kappa shape index (κ3) is 2.82. The van der Waals surface area contributed by atoms with Crippen LogP contribution in [0.15, 0.2) is 41.3 Å². The van der Waals surface area contributed by atoms with Gasteiger partial charge in [-0.1, -0.05) is 6.07 Å². The van der Waals surface area contributed by atoms with E-state index >= 15 is 0 Å². The van der Waals surface area contributed by atoms with Gasteiger partial charge in [0.2, 0.25) is 0 Å². The van der Waals surface area contributed by atoms with Crippen LogP contribution in [0.2, 0.25) is 0 Å². The van der Waals surface area contributed by atoms with Crippen LogP contribution in [-0.4, -0.2) is 29.4 Å². The maximum Gasteiger partial charge on any atom is 0.265 e. The molecule has 0 atom stereocenters. The molecular formula is C18H18N2O4. The van der Waals surface area contributed by atoms with Gasteiger partial charge in [0, 0.05) is 23.9 Å². The fourth-order valence-corrected chi connectivity index (χ4v) is 2.75. The number of ketones is 1. The van der Waals surface area contributed by atoms with E-state index in [0.29, 0.717) is 29.1 Å². The van der Waals surface area contributed by atoms with E-state index in [1.165, 1.54) is 4.57 Å². The molecule has 124 valence electrons. The van der Waals surface area contributed by atoms with Crippen molar-refractivity contribution in [1.29, 1.82) is 0 Å². The standard InChI is InChI=1S/C18H18N2O4/c1-3-20-14-9-13(6-7-16(14)24-11-17(20)22)15(21)10-19-8-4-5-12(2)18(19)23/h4-9H,3,10-11H2,1-2H3. The topological polar surface area (TPSA) is 68.6 Å². The van der Waals surface area contributed by atoms with E-state index in [9.17, 15) is 14.4 Å². The molecule has 6 heteroatoms. The number of anilines is 1. The van der Waals surface area contributed by atoms with Crippen LogP contribution in [0.1, 0.15) is 22.8 Å². The molecule has 3 rings (SSSR count). The second-order valence-corrected chi connectivity index (χ2v) is 5.66. The second-order valence-electron chi connectivity index (χ2n) is 5.66. The molecule has 1 aliphatic rings. The number of nitrogens with zero attached hydrogens (tertiary/aromatic N) is 2. The van der Waals surface area contributed by atoms with E-state index in [4.69, 9.17) is 4.74 Å². The minimum Gasteiger partial charge on any atom is -0.482 e. The molecule has 0 aliphatic carbocycles. The van der Waals surface area contributed by atoms with Gasteiger partial charge in [0.25, 0.3) is 11.5 Å². The summed E-state index contributed by atoms with van der Waals surface area (Å²) in [5.74, 6) is 0.254. The molecule has 0 radical (unpaired) electrons. The van der Waals surface area contributed by atoms with Crippen LogP contribution >= 0.6 is 0 Å². The van der Waals surface area contributed by atoms with Crippen LogP contribution in [0, 0.1) is 6.92 Å². The highest BCUT2D eigenvalue weighted by Gasteiger charge is 2.25. The van der Waals surface area contributed by atoms with Crippen LogP contribution in [0.3, 0.4) is 0 Å². The van der Waals surface area contributed by atoms with Crippen molar-refractivity contribution in [1.82, 2.24) is 4.57 Å². The summed E-state index contributed by atoms with van der Waals surface area (Å²) in [7, 11) is 0. The molecule has 6 nitrogen and oxygen atoms in total. The Hall–Kier alpha value is -2.89. The van der Waals surface area contributed by atoms with Gasteiger partial charge in [-0.25, -0.2) is 0 Å². The van der Waals surface area contributed by atoms with Crippen LogP contribution < -0.4 is 15.2 Å². The molecule has 0 fully saturated rings. The van der Waals surface area contributed by atoms with Gasteiger partial charge in [-0.05, 0) is 38.1 Å². The lowest BCUT2D eigenvalue weighted by molar-refractivity contribution is -0.121. The number of fused-ring (bicyclic) bond motifs is 1. The van der Waals surface area contributed by atoms with E-state index in [1.807, 2.05) is 6.92 Å². The number of pyridine rings is 1. The van der Waals surface area contributed by atoms with Gasteiger partial charge >= 0.3 is 0 Å². The Morgan fingerprint density at radius 3 is 2.79 bits per heavy atom. The zero-order valence-electron chi connectivity index (χ0n) is 13.6. The number of aryl methyl sites for hydroxylation is 1. The van der Waals surface area contributed by atoms with Crippen molar-refractivity contribution < 1.29 is 14.3 Å². The van der Waals surface area contributed by atoms with Gasteiger partial charge in [0.15, 0.2) is 12.4 Å². The third-order valence-electron chi connectivity index (χ3n) is 4.06. The summed E-state index contributed by atoms with van der Waals surface area (Å²) in [5.41, 5.74) is 1.44. The molecular weight excluding hydrogens is 308 g/mol. The van der Waals surface area contributed by atoms with Gasteiger partial charge in [0.1, 0.15) is 5.75 Å². The van der Waals surface area contributed by atoms with Crippen molar-refractivity contribution in [3.63, 3.8) is 0 Å². The summed E-state index contributed by atoms with van der Waals surface area (Å²) in [6.07, 6.45) is 1.59. The van der Waals surface area contributed by atoms with E-state index < -0.39 is 0 Å². The summed E-state index contributed by atoms with van der Waals surface area (Å²) in [6, 6.07) is 8.45. The fourth-order valence-electron chi connectivity index (χ4n) is 2.75. The van der Waals surface area contributed by atoms with Crippen LogP contribution in [0.25, 0.3) is 0 Å². The number of hydrogen-bond acceptors (Lipinski definition) is 4. The highest BCUT2D eigenvalue weighted by molar-refractivity contribution is 6.01. The third-order valence-corrected chi connectivity index (χ3v) is 4.06. The predicted molar refractivity (Wildman–Crippen MR) is 89.7 cm³/mol. The van der Waals surface area contributed by atoms with Gasteiger partial charge in [-0.2, -0.15) is 0 Å². The lowest BCUT2D eigenvalue weighted by Gasteiger charge is -2.28. The Morgan fingerprint density at radius 1 is 1.25 bits per heavy atom. The number of rotatable bonds is 4. The smallest absolute Gasteiger partial charge is 0.265 e. The summed E-state index contributed by atoms with van der Waals surface area (Å²) >= 11 is 0. The zero-order valence-corrected chi connectivity index (χ0v) is 13.6. The van der Waals surface area contributed by atoms with E-state index in [-0.39, 0.29) is 30.4 Å². The van der Waals surface area contributed by atoms with Gasteiger partial charge in [-0.3, -0.25) is 14.4 Å². The minimum absolute atomic E-state index is 0.00676. The van der Waals surface area contributed by atoms with E-state index in [1.54, 1.807) is 48.4 Å². The highest BCUT2D eigenvalue weighted by atomic mass is 16.5. The lowest BCUT2D eigenvalue weighted by atomic mass is 10.1. The summed E-state index contributed by atoms with van der Waals surface area (Å²) in [4.78, 5) is 38.1. The van der Waals surface area contributed by atoms with Crippen molar-refractivity contribution in [3.05, 3.63) is 58.0 Å². The highest BCUT2D eigenvalue weighted by Crippen LogP contribution is 2.32. The first kappa shape index (κ1) is 16.0. The maximum atomic E-state index is 12.5. The number of aromatic nitrogens is 1. The first-order valence-corrected chi connectivity index (χ1v) is 7.77. The average molecular weight is 326 g/mol. The van der Waals surface area contributed by atoms with E-state index in [2.05, 4.69) is 0 Å². The first-order valence-electron chi connectivity index (χ1n) is 7.77. The predicted octanol–water partition coefficient (Wildman–Crippen LogP) is 1.78. The number of carbonyl (C=O) groups excluding carboxylic acids is 2. The molecule has 0 N–H and O–H groups in total. The average Bonchev–Trinajstić information content (AvgIpc) is 2.58. The molecule has 1 aromatic carbocycles. The molecule has 24 heavy (non-hydrogen) atoms. The van der Waals surface area contributed by atoms with Crippen molar-refractivity contribution in [2.45, 2.75) is 20.4 Å². The summed E-state index contributed by atoms with van der Waals surface area (Å²) < 4.78 is 6.78. The Kier molecular flexibility index (Phi) is 4.20. The molecule has 0 saturated heterocycles. The molecule has 1 aromatic heterocycles. The SMILES string of the molecule is CCN1C(=O)COc2ccc(C(=O)Cn3cccc(C)c3=O)cc21. The molecule has 0 spiro atoms. The number of likely N-dealkylation sites (N-methyl/N-ethyl adjacent to an activating group) is 1. The zero-order chi connectivity index (χ0) is 17.3. The number of ether oxygens (including phenoxy) is 1. The first-order chi connectivity index (χ1) is 11.5. The largest absolute Gasteiger partial charge is 0.482 e. The number of carbonyl (C=O) groups is 2. The number of hydrogen-bond donors (Lipinski definition) is 0. The van der Waals surface area contributed by atoms with Crippen LogP contribution in [0.4, 0.5) is 5.69 Å². The number of Topliss-reactive ketones (excluding diaryl/α,β-unsaturated/α-hetero) is 1. The fraction of sp³-hybridized carbons (Fsp3) is 0.278. The Balaban J connectivity index is 1.91. The molecule has 1 aliphatic heterocycles.